The summed E-state index contributed by atoms with van der Waals surface area (Å²) < 4.78 is 27.0. The molecule has 1 atom stereocenters. The van der Waals surface area contributed by atoms with Crippen LogP contribution in [0, 0.1) is 0 Å². The fraction of sp³-hybridized carbons (Fsp3) is 0.353. The smallest absolute Gasteiger partial charge is 0.213 e. The molecule has 3 aromatic rings. The second kappa shape index (κ2) is 6.90. The summed E-state index contributed by atoms with van der Waals surface area (Å²) in [7, 11) is -3.19. The average molecular weight is 390 g/mol. The van der Waals surface area contributed by atoms with E-state index in [0.29, 0.717) is 13.1 Å². The van der Waals surface area contributed by atoms with Crippen molar-refractivity contribution in [1.82, 2.24) is 24.1 Å². The first kappa shape index (κ1) is 17.3. The molecule has 3 heterocycles. The van der Waals surface area contributed by atoms with Gasteiger partial charge in [-0.1, -0.05) is 47.7 Å². The van der Waals surface area contributed by atoms with Crippen molar-refractivity contribution in [3.8, 4) is 0 Å². The van der Waals surface area contributed by atoms with Gasteiger partial charge in [0.15, 0.2) is 5.82 Å². The molecule has 0 spiro atoms. The lowest BCUT2D eigenvalue weighted by molar-refractivity contribution is 0.309. The van der Waals surface area contributed by atoms with Crippen molar-refractivity contribution >= 4 is 38.5 Å². The summed E-state index contributed by atoms with van der Waals surface area (Å²) in [5.41, 5.74) is 1.11. The number of benzene rings is 1. The normalized spacial score (nSPS) is 19.5. The molecule has 1 unspecified atom stereocenters. The first-order valence-corrected chi connectivity index (χ1v) is 11.1. The van der Waals surface area contributed by atoms with E-state index in [-0.39, 0.29) is 5.92 Å². The van der Waals surface area contributed by atoms with Gasteiger partial charge >= 0.3 is 0 Å². The van der Waals surface area contributed by atoms with Crippen LogP contribution >= 0.6 is 11.3 Å². The second-order valence-corrected chi connectivity index (χ2v) is 9.37. The third-order valence-electron chi connectivity index (χ3n) is 4.47. The summed E-state index contributed by atoms with van der Waals surface area (Å²) in [5, 5.41) is 13.9. The van der Waals surface area contributed by atoms with Gasteiger partial charge in [0.25, 0.3) is 0 Å². The van der Waals surface area contributed by atoms with Crippen molar-refractivity contribution in [2.45, 2.75) is 18.8 Å². The molecule has 0 N–H and O–H groups in total. The van der Waals surface area contributed by atoms with Crippen LogP contribution in [-0.2, 0) is 10.0 Å². The lowest BCUT2D eigenvalue weighted by atomic mass is 9.99. The maximum absolute atomic E-state index is 11.8. The molecule has 0 radical (unpaired) electrons. The number of hydrogen-bond acceptors (Lipinski definition) is 6. The molecular formula is C17H19N5O2S2. The Morgan fingerprint density at radius 3 is 2.77 bits per heavy atom. The van der Waals surface area contributed by atoms with Crippen LogP contribution in [0.4, 0.5) is 0 Å². The van der Waals surface area contributed by atoms with E-state index in [4.69, 9.17) is 0 Å². The fourth-order valence-corrected chi connectivity index (χ4v) is 4.81. The van der Waals surface area contributed by atoms with Gasteiger partial charge in [-0.05, 0) is 24.5 Å². The van der Waals surface area contributed by atoms with Crippen molar-refractivity contribution in [1.29, 1.82) is 0 Å². The van der Waals surface area contributed by atoms with E-state index in [1.807, 2.05) is 42.5 Å². The molecule has 4 rings (SSSR count). The lowest BCUT2D eigenvalue weighted by Gasteiger charge is -2.29. The highest BCUT2D eigenvalue weighted by atomic mass is 32.2. The van der Waals surface area contributed by atoms with E-state index < -0.39 is 10.0 Å². The molecule has 26 heavy (non-hydrogen) atoms. The zero-order valence-corrected chi connectivity index (χ0v) is 15.9. The Hall–Kier alpha value is -2.10. The Balaban J connectivity index is 1.59. The second-order valence-electron chi connectivity index (χ2n) is 6.40. The molecule has 0 aliphatic carbocycles. The van der Waals surface area contributed by atoms with Crippen LogP contribution in [-0.4, -0.2) is 51.9 Å². The summed E-state index contributed by atoms with van der Waals surface area (Å²) in [6.45, 7) is 1.01. The quantitative estimate of drug-likeness (QED) is 0.685. The van der Waals surface area contributed by atoms with Crippen LogP contribution in [0.25, 0.3) is 17.1 Å². The molecule has 136 valence electrons. The highest BCUT2D eigenvalue weighted by Crippen LogP contribution is 2.28. The van der Waals surface area contributed by atoms with E-state index in [1.54, 1.807) is 4.52 Å². The average Bonchev–Trinajstić information content (AvgIpc) is 3.20. The summed E-state index contributed by atoms with van der Waals surface area (Å²) in [4.78, 5) is 0.726. The largest absolute Gasteiger partial charge is 0.234 e. The summed E-state index contributed by atoms with van der Waals surface area (Å²) >= 11 is 1.47. The third-order valence-corrected chi connectivity index (χ3v) is 6.60. The zero-order chi connectivity index (χ0) is 18.1. The van der Waals surface area contributed by atoms with Gasteiger partial charge in [-0.25, -0.2) is 12.7 Å². The van der Waals surface area contributed by atoms with Crippen LogP contribution in [0.1, 0.15) is 35.2 Å². The van der Waals surface area contributed by atoms with Crippen molar-refractivity contribution < 1.29 is 8.42 Å². The number of nitrogens with zero attached hydrogens (tertiary/aromatic N) is 5. The number of piperidine rings is 1. The molecule has 1 fully saturated rings. The molecule has 2 aromatic heterocycles. The van der Waals surface area contributed by atoms with Crippen LogP contribution in [0.15, 0.2) is 30.3 Å². The summed E-state index contributed by atoms with van der Waals surface area (Å²) in [6.07, 6.45) is 6.93. The minimum atomic E-state index is -3.19. The first-order chi connectivity index (χ1) is 12.5. The van der Waals surface area contributed by atoms with Crippen molar-refractivity contribution in [3.63, 3.8) is 0 Å². The van der Waals surface area contributed by atoms with Gasteiger partial charge in [0.05, 0.1) is 6.26 Å². The van der Waals surface area contributed by atoms with E-state index in [1.165, 1.54) is 21.9 Å². The lowest BCUT2D eigenvalue weighted by Crippen LogP contribution is -2.38. The molecule has 0 bridgehead atoms. The van der Waals surface area contributed by atoms with Crippen LogP contribution in [0.5, 0.6) is 0 Å². The van der Waals surface area contributed by atoms with E-state index in [0.717, 1.165) is 34.2 Å². The van der Waals surface area contributed by atoms with E-state index in [2.05, 4.69) is 15.3 Å². The maximum atomic E-state index is 11.8. The first-order valence-electron chi connectivity index (χ1n) is 8.41. The minimum Gasteiger partial charge on any atom is -0.213 e. The fourth-order valence-electron chi connectivity index (χ4n) is 3.15. The van der Waals surface area contributed by atoms with Crippen molar-refractivity contribution in [2.75, 3.05) is 19.3 Å². The highest BCUT2D eigenvalue weighted by molar-refractivity contribution is 7.88. The van der Waals surface area contributed by atoms with Crippen molar-refractivity contribution in [3.05, 3.63) is 46.7 Å². The van der Waals surface area contributed by atoms with Crippen molar-refractivity contribution in [2.24, 2.45) is 0 Å². The molecule has 0 saturated carbocycles. The minimum absolute atomic E-state index is 0.0153. The number of rotatable bonds is 4. The Kier molecular flexibility index (Phi) is 4.60. The zero-order valence-electron chi connectivity index (χ0n) is 14.3. The standard InChI is InChI=1S/C17H19N5O2S2/c1-26(23,24)21-11-5-8-14(12-21)16-18-19-17-22(16)20-15(25-17)10-9-13-6-3-2-4-7-13/h2-4,6-7,9-10,14H,5,8,11-12H2,1H3. The van der Waals surface area contributed by atoms with Gasteiger partial charge in [-0.3, -0.25) is 0 Å². The maximum Gasteiger partial charge on any atom is 0.234 e. The molecule has 1 aliphatic rings. The number of hydrogen-bond donors (Lipinski definition) is 0. The van der Waals surface area contributed by atoms with Crippen LogP contribution in [0.3, 0.4) is 0 Å². The molecule has 1 aromatic carbocycles. The molecule has 9 heteroatoms. The Bertz CT molecular complexity index is 1040. The van der Waals surface area contributed by atoms with Crippen LogP contribution < -0.4 is 0 Å². The van der Waals surface area contributed by atoms with Crippen LogP contribution in [0.2, 0.25) is 0 Å². The third kappa shape index (κ3) is 3.55. The van der Waals surface area contributed by atoms with Gasteiger partial charge in [0.1, 0.15) is 5.01 Å². The number of aromatic nitrogens is 4. The molecule has 0 amide bonds. The van der Waals surface area contributed by atoms with E-state index >= 15 is 0 Å². The Morgan fingerprint density at radius 1 is 1.19 bits per heavy atom. The van der Waals surface area contributed by atoms with Gasteiger partial charge < -0.3 is 0 Å². The Labute approximate surface area is 156 Å². The SMILES string of the molecule is CS(=O)(=O)N1CCCC(c2nnc3sc(C=Cc4ccccc4)nn23)C1. The predicted molar refractivity (Wildman–Crippen MR) is 102 cm³/mol. The molecular weight excluding hydrogens is 370 g/mol. The molecule has 1 saturated heterocycles. The van der Waals surface area contributed by atoms with E-state index in [9.17, 15) is 8.42 Å². The molecule has 7 nitrogen and oxygen atoms in total. The van der Waals surface area contributed by atoms with Gasteiger partial charge in [-0.15, -0.1) is 10.2 Å². The monoisotopic (exact) mass is 389 g/mol. The van der Waals surface area contributed by atoms with Gasteiger partial charge in [-0.2, -0.15) is 9.61 Å². The summed E-state index contributed by atoms with van der Waals surface area (Å²) in [6, 6.07) is 10.0. The molecule has 1 aliphatic heterocycles. The van der Waals surface area contributed by atoms with Gasteiger partial charge in [0, 0.05) is 19.0 Å². The Morgan fingerprint density at radius 2 is 2.00 bits per heavy atom. The highest BCUT2D eigenvalue weighted by Gasteiger charge is 2.30. The van der Waals surface area contributed by atoms with Gasteiger partial charge in [0.2, 0.25) is 15.0 Å². The predicted octanol–water partition coefficient (Wildman–Crippen LogP) is 2.50. The number of sulfonamides is 1. The topological polar surface area (TPSA) is 80.5 Å². The number of fused-ring (bicyclic) bond motifs is 1. The summed E-state index contributed by atoms with van der Waals surface area (Å²) in [5.74, 6) is 0.755.